The normalized spacial score (nSPS) is 17.5. The topological polar surface area (TPSA) is 77.1 Å². The first kappa shape index (κ1) is 21.7. The van der Waals surface area contributed by atoms with Crippen LogP contribution in [0, 0.1) is 0 Å². The van der Waals surface area contributed by atoms with Crippen LogP contribution >= 0.6 is 11.3 Å². The van der Waals surface area contributed by atoms with E-state index in [1.54, 1.807) is 43.3 Å². The molecule has 166 valence electrons. The molecule has 1 aromatic heterocycles. The Balaban J connectivity index is 1.87. The van der Waals surface area contributed by atoms with Crippen LogP contribution in [0.4, 0.5) is 5.69 Å². The Morgan fingerprint density at radius 1 is 0.969 bits per heavy atom. The number of benzene rings is 2. The number of rotatable bonds is 6. The van der Waals surface area contributed by atoms with E-state index in [-0.39, 0.29) is 11.8 Å². The van der Waals surface area contributed by atoms with E-state index < -0.39 is 12.0 Å². The number of carbonyl (C=O) groups is 2. The molecule has 32 heavy (non-hydrogen) atoms. The smallest absolute Gasteiger partial charge is 0.254 e. The first-order valence-corrected chi connectivity index (χ1v) is 10.9. The van der Waals surface area contributed by atoms with Crippen molar-refractivity contribution in [2.75, 3.05) is 33.7 Å². The maximum atomic E-state index is 13.7. The molecule has 0 saturated carbocycles. The molecule has 3 aromatic rings. The van der Waals surface area contributed by atoms with Gasteiger partial charge in [-0.15, -0.1) is 11.3 Å². The summed E-state index contributed by atoms with van der Waals surface area (Å²) in [7, 11) is 6.32. The van der Waals surface area contributed by atoms with Gasteiger partial charge < -0.3 is 24.4 Å². The van der Waals surface area contributed by atoms with Crippen LogP contribution in [0.25, 0.3) is 0 Å². The van der Waals surface area contributed by atoms with Crippen molar-refractivity contribution < 1.29 is 23.8 Å². The third-order valence-electron chi connectivity index (χ3n) is 5.66. The third-order valence-corrected chi connectivity index (χ3v) is 6.60. The Bertz CT molecular complexity index is 1150. The summed E-state index contributed by atoms with van der Waals surface area (Å²) in [6.07, 6.45) is 0. The number of nitrogens with one attached hydrogen (secondary N) is 1. The molecule has 0 saturated heterocycles. The first-order chi connectivity index (χ1) is 15.5. The van der Waals surface area contributed by atoms with Gasteiger partial charge in [-0.1, -0.05) is 18.2 Å². The van der Waals surface area contributed by atoms with Gasteiger partial charge in [-0.25, -0.2) is 0 Å². The van der Waals surface area contributed by atoms with E-state index in [9.17, 15) is 9.59 Å². The van der Waals surface area contributed by atoms with Gasteiger partial charge in [0.25, 0.3) is 5.91 Å². The SMILES string of the molecule is COc1ccccc1NC(=O)[C@@H]1c2cc(OC)c(OC)cc2C(=O)N(C)[C@H]1c1cccs1. The molecule has 1 aliphatic heterocycles. The fourth-order valence-electron chi connectivity index (χ4n) is 4.10. The Hall–Kier alpha value is -3.52. The lowest BCUT2D eigenvalue weighted by Gasteiger charge is -2.39. The Morgan fingerprint density at radius 2 is 1.66 bits per heavy atom. The van der Waals surface area contributed by atoms with E-state index in [0.717, 1.165) is 4.88 Å². The summed E-state index contributed by atoms with van der Waals surface area (Å²) >= 11 is 1.51. The second-order valence-corrected chi connectivity index (χ2v) is 8.32. The number of likely N-dealkylation sites (N-methyl/N-ethyl adjacent to an activating group) is 1. The highest BCUT2D eigenvalue weighted by molar-refractivity contribution is 7.10. The summed E-state index contributed by atoms with van der Waals surface area (Å²) in [4.78, 5) is 29.6. The molecule has 0 fully saturated rings. The van der Waals surface area contributed by atoms with E-state index in [1.807, 2.05) is 29.6 Å². The minimum absolute atomic E-state index is 0.180. The van der Waals surface area contributed by atoms with Crippen molar-refractivity contribution in [1.29, 1.82) is 0 Å². The number of para-hydroxylation sites is 2. The highest BCUT2D eigenvalue weighted by atomic mass is 32.1. The van der Waals surface area contributed by atoms with Crippen LogP contribution in [-0.4, -0.2) is 45.1 Å². The highest BCUT2D eigenvalue weighted by Gasteiger charge is 2.44. The molecule has 4 rings (SSSR count). The number of ether oxygens (including phenoxy) is 3. The maximum absolute atomic E-state index is 13.7. The number of fused-ring (bicyclic) bond motifs is 1. The van der Waals surface area contributed by atoms with E-state index in [1.165, 1.54) is 25.6 Å². The minimum atomic E-state index is -0.670. The van der Waals surface area contributed by atoms with Crippen molar-refractivity contribution in [3.63, 3.8) is 0 Å². The second-order valence-electron chi connectivity index (χ2n) is 7.34. The molecule has 0 unspecified atom stereocenters. The monoisotopic (exact) mass is 452 g/mol. The molecule has 2 amide bonds. The average molecular weight is 453 g/mol. The van der Waals surface area contributed by atoms with Crippen LogP contribution < -0.4 is 19.5 Å². The number of nitrogens with zero attached hydrogens (tertiary/aromatic N) is 1. The molecule has 8 heteroatoms. The molecule has 2 atom stereocenters. The fourth-order valence-corrected chi connectivity index (χ4v) is 5.01. The number of thiophene rings is 1. The molecule has 7 nitrogen and oxygen atoms in total. The highest BCUT2D eigenvalue weighted by Crippen LogP contribution is 2.47. The zero-order chi connectivity index (χ0) is 22.8. The largest absolute Gasteiger partial charge is 0.495 e. The second kappa shape index (κ2) is 8.92. The number of amides is 2. The summed E-state index contributed by atoms with van der Waals surface area (Å²) in [5.74, 6) is 0.355. The van der Waals surface area contributed by atoms with Crippen LogP contribution in [0.15, 0.2) is 53.9 Å². The van der Waals surface area contributed by atoms with Gasteiger partial charge >= 0.3 is 0 Å². The van der Waals surface area contributed by atoms with Gasteiger partial charge in [0.1, 0.15) is 5.75 Å². The Labute approximate surface area is 190 Å². The Morgan fingerprint density at radius 3 is 2.31 bits per heavy atom. The van der Waals surface area contributed by atoms with Crippen molar-refractivity contribution >= 4 is 28.8 Å². The van der Waals surface area contributed by atoms with Crippen molar-refractivity contribution in [2.45, 2.75) is 12.0 Å². The van der Waals surface area contributed by atoms with Crippen LogP contribution in [0.1, 0.15) is 32.8 Å². The van der Waals surface area contributed by atoms with E-state index >= 15 is 0 Å². The summed E-state index contributed by atoms with van der Waals surface area (Å²) in [5, 5.41) is 4.93. The van der Waals surface area contributed by atoms with Crippen LogP contribution in [0.5, 0.6) is 17.2 Å². The zero-order valence-corrected chi connectivity index (χ0v) is 19.1. The molecule has 0 spiro atoms. The molecule has 2 aromatic carbocycles. The molecule has 1 N–H and O–H groups in total. The molecule has 0 aliphatic carbocycles. The predicted octanol–water partition coefficient (Wildman–Crippen LogP) is 4.32. The van der Waals surface area contributed by atoms with E-state index in [4.69, 9.17) is 14.2 Å². The van der Waals surface area contributed by atoms with Gasteiger partial charge in [0.2, 0.25) is 5.91 Å². The summed E-state index contributed by atoms with van der Waals surface area (Å²) < 4.78 is 16.3. The van der Waals surface area contributed by atoms with Crippen molar-refractivity contribution in [3.8, 4) is 17.2 Å². The molecular weight excluding hydrogens is 428 g/mol. The van der Waals surface area contributed by atoms with Crippen molar-refractivity contribution in [3.05, 3.63) is 69.9 Å². The van der Waals surface area contributed by atoms with Crippen molar-refractivity contribution in [2.24, 2.45) is 0 Å². The van der Waals surface area contributed by atoms with Gasteiger partial charge in [0.05, 0.1) is 39.0 Å². The number of hydrogen-bond acceptors (Lipinski definition) is 6. The summed E-state index contributed by atoms with van der Waals surface area (Å²) in [6.45, 7) is 0. The van der Waals surface area contributed by atoms with Crippen LogP contribution in [-0.2, 0) is 4.79 Å². The Kier molecular flexibility index (Phi) is 6.05. The number of methoxy groups -OCH3 is 3. The lowest BCUT2D eigenvalue weighted by atomic mass is 9.81. The first-order valence-electron chi connectivity index (χ1n) is 10.0. The minimum Gasteiger partial charge on any atom is -0.495 e. The molecule has 2 heterocycles. The number of carbonyl (C=O) groups excluding carboxylic acids is 2. The van der Waals surface area contributed by atoms with Gasteiger partial charge in [-0.05, 0) is 41.3 Å². The van der Waals surface area contributed by atoms with Crippen LogP contribution in [0.2, 0.25) is 0 Å². The molecule has 0 bridgehead atoms. The average Bonchev–Trinajstić information content (AvgIpc) is 3.35. The standard InChI is InChI=1S/C24H24N2O5S/c1-26-22(20-10-7-11-32-20)21(23(27)25-16-8-5-6-9-17(16)29-2)14-12-18(30-3)19(31-4)13-15(14)24(26)28/h5-13,21-22H,1-4H3,(H,25,27)/t21-,22+/m1/s1. The van der Waals surface area contributed by atoms with E-state index in [2.05, 4.69) is 5.32 Å². The van der Waals surface area contributed by atoms with E-state index in [0.29, 0.717) is 34.1 Å². The summed E-state index contributed by atoms with van der Waals surface area (Å²) in [5.41, 5.74) is 1.57. The van der Waals surface area contributed by atoms with Crippen LogP contribution in [0.3, 0.4) is 0 Å². The van der Waals surface area contributed by atoms with Gasteiger partial charge in [0, 0.05) is 17.5 Å². The van der Waals surface area contributed by atoms with Gasteiger partial charge in [0.15, 0.2) is 11.5 Å². The summed E-state index contributed by atoms with van der Waals surface area (Å²) in [6, 6.07) is 14.0. The quantitative estimate of drug-likeness (QED) is 0.603. The van der Waals surface area contributed by atoms with Gasteiger partial charge in [-0.2, -0.15) is 0 Å². The lowest BCUT2D eigenvalue weighted by molar-refractivity contribution is -0.119. The fraction of sp³-hybridized carbons (Fsp3) is 0.250. The molecular formula is C24H24N2O5S. The maximum Gasteiger partial charge on any atom is 0.254 e. The molecule has 0 radical (unpaired) electrons. The number of hydrogen-bond donors (Lipinski definition) is 1. The third kappa shape index (κ3) is 3.67. The number of anilines is 1. The molecule has 1 aliphatic rings. The zero-order valence-electron chi connectivity index (χ0n) is 18.2. The van der Waals surface area contributed by atoms with Gasteiger partial charge in [-0.3, -0.25) is 9.59 Å². The lowest BCUT2D eigenvalue weighted by Crippen LogP contribution is -2.43. The predicted molar refractivity (Wildman–Crippen MR) is 123 cm³/mol. The van der Waals surface area contributed by atoms with Crippen molar-refractivity contribution in [1.82, 2.24) is 4.90 Å².